The van der Waals surface area contributed by atoms with Crippen LogP contribution in [0.1, 0.15) is 22.7 Å². The van der Waals surface area contributed by atoms with E-state index in [-0.39, 0.29) is 25.0 Å². The topological polar surface area (TPSA) is 64.9 Å². The summed E-state index contributed by atoms with van der Waals surface area (Å²) in [7, 11) is 0. The molecule has 0 bridgehead atoms. The van der Waals surface area contributed by atoms with Crippen LogP contribution < -0.4 is 10.6 Å². The van der Waals surface area contributed by atoms with Crippen LogP contribution in [0.25, 0.3) is 0 Å². The Morgan fingerprint density at radius 2 is 2.38 bits per heavy atom. The summed E-state index contributed by atoms with van der Waals surface area (Å²) in [6.45, 7) is 4.37. The second-order valence-corrected chi connectivity index (χ2v) is 4.81. The number of hydrogen-bond acceptors (Lipinski definition) is 4. The van der Waals surface area contributed by atoms with Crippen LogP contribution in [0.2, 0.25) is 0 Å². The molecule has 1 heterocycles. The average molecular weight is 237 g/mol. The predicted octanol–water partition coefficient (Wildman–Crippen LogP) is 1.35. The molecule has 5 heteroatoms. The van der Waals surface area contributed by atoms with Gasteiger partial charge in [-0.05, 0) is 26.0 Å². The van der Waals surface area contributed by atoms with E-state index >= 15 is 0 Å². The van der Waals surface area contributed by atoms with Crippen molar-refractivity contribution in [2.45, 2.75) is 19.9 Å². The third kappa shape index (κ3) is 4.01. The largest absolute Gasteiger partial charge is 0.342 e. The Bertz CT molecular complexity index is 394. The van der Waals surface area contributed by atoms with Gasteiger partial charge in [0.05, 0.1) is 12.6 Å². The van der Waals surface area contributed by atoms with Gasteiger partial charge in [0.25, 0.3) is 0 Å². The van der Waals surface area contributed by atoms with Gasteiger partial charge in [0.2, 0.25) is 5.91 Å². The smallest absolute Gasteiger partial charge is 0.234 e. The molecule has 1 rings (SSSR count). The van der Waals surface area contributed by atoms with Gasteiger partial charge >= 0.3 is 0 Å². The van der Waals surface area contributed by atoms with Crippen LogP contribution in [0.5, 0.6) is 0 Å². The van der Waals surface area contributed by atoms with E-state index < -0.39 is 0 Å². The molecule has 16 heavy (non-hydrogen) atoms. The van der Waals surface area contributed by atoms with Gasteiger partial charge in [0, 0.05) is 15.8 Å². The van der Waals surface area contributed by atoms with Crippen molar-refractivity contribution in [1.82, 2.24) is 10.6 Å². The molecule has 0 radical (unpaired) electrons. The van der Waals surface area contributed by atoms with Crippen LogP contribution in [0.15, 0.2) is 12.1 Å². The van der Waals surface area contributed by atoms with Crippen molar-refractivity contribution < 1.29 is 4.79 Å². The van der Waals surface area contributed by atoms with E-state index in [1.165, 1.54) is 9.75 Å². The molecule has 0 aliphatic rings. The first-order chi connectivity index (χ1) is 7.63. The van der Waals surface area contributed by atoms with Crippen molar-refractivity contribution in [2.24, 2.45) is 0 Å². The predicted molar refractivity (Wildman–Crippen MR) is 64.1 cm³/mol. The summed E-state index contributed by atoms with van der Waals surface area (Å²) in [6, 6.07) is 6.15. The Morgan fingerprint density at radius 1 is 1.62 bits per heavy atom. The summed E-state index contributed by atoms with van der Waals surface area (Å²) >= 11 is 1.72. The maximum absolute atomic E-state index is 11.2. The van der Waals surface area contributed by atoms with Crippen molar-refractivity contribution in [1.29, 1.82) is 5.26 Å². The Balaban J connectivity index is 2.33. The number of nitrogens with zero attached hydrogens (tertiary/aromatic N) is 1. The van der Waals surface area contributed by atoms with Gasteiger partial charge in [-0.15, -0.1) is 11.3 Å². The maximum Gasteiger partial charge on any atom is 0.234 e. The number of nitrogens with one attached hydrogen (secondary N) is 2. The Morgan fingerprint density at radius 3 is 2.94 bits per heavy atom. The number of aryl methyl sites for hydroxylation is 1. The first-order valence-electron chi connectivity index (χ1n) is 5.07. The Labute approximate surface area is 99.3 Å². The highest BCUT2D eigenvalue weighted by Crippen LogP contribution is 2.21. The minimum absolute atomic E-state index is 0.0625. The highest BCUT2D eigenvalue weighted by Gasteiger charge is 2.08. The van der Waals surface area contributed by atoms with Gasteiger partial charge in [-0.3, -0.25) is 4.79 Å². The second-order valence-electron chi connectivity index (χ2n) is 3.49. The Hall–Kier alpha value is -1.38. The number of hydrogen-bond donors (Lipinski definition) is 2. The maximum atomic E-state index is 11.2. The molecule has 0 saturated heterocycles. The van der Waals surface area contributed by atoms with E-state index in [0.29, 0.717) is 0 Å². The third-order valence-corrected chi connectivity index (χ3v) is 3.30. The van der Waals surface area contributed by atoms with E-state index in [2.05, 4.69) is 29.7 Å². The molecule has 0 fully saturated rings. The van der Waals surface area contributed by atoms with E-state index in [1.54, 1.807) is 11.3 Å². The molecule has 4 nitrogen and oxygen atoms in total. The Kier molecular flexibility index (Phi) is 4.96. The van der Waals surface area contributed by atoms with E-state index in [1.807, 2.05) is 13.0 Å². The molecule has 1 unspecified atom stereocenters. The summed E-state index contributed by atoms with van der Waals surface area (Å²) in [4.78, 5) is 13.7. The van der Waals surface area contributed by atoms with Gasteiger partial charge in [0.15, 0.2) is 0 Å². The lowest BCUT2D eigenvalue weighted by Crippen LogP contribution is -2.34. The molecule has 86 valence electrons. The van der Waals surface area contributed by atoms with Gasteiger partial charge in [-0.2, -0.15) is 5.26 Å². The van der Waals surface area contributed by atoms with Crippen molar-refractivity contribution in [3.63, 3.8) is 0 Å². The molecule has 1 amide bonds. The summed E-state index contributed by atoms with van der Waals surface area (Å²) < 4.78 is 0. The zero-order chi connectivity index (χ0) is 12.0. The van der Waals surface area contributed by atoms with Crippen LogP contribution in [0.3, 0.4) is 0 Å². The average Bonchev–Trinajstić information content (AvgIpc) is 2.69. The monoisotopic (exact) mass is 237 g/mol. The molecular weight excluding hydrogens is 222 g/mol. The molecule has 0 spiro atoms. The number of carbonyl (C=O) groups excluding carboxylic acids is 1. The lowest BCUT2D eigenvalue weighted by atomic mass is 10.2. The third-order valence-electron chi connectivity index (χ3n) is 2.12. The summed E-state index contributed by atoms with van der Waals surface area (Å²) in [5.41, 5.74) is 0. The zero-order valence-corrected chi connectivity index (χ0v) is 10.2. The van der Waals surface area contributed by atoms with Crippen LogP contribution in [-0.2, 0) is 4.79 Å². The molecule has 0 aromatic carbocycles. The summed E-state index contributed by atoms with van der Waals surface area (Å²) in [5.74, 6) is -0.151. The van der Waals surface area contributed by atoms with E-state index in [9.17, 15) is 4.79 Å². The minimum atomic E-state index is -0.151. The van der Waals surface area contributed by atoms with Gasteiger partial charge < -0.3 is 10.6 Å². The second kappa shape index (κ2) is 6.26. The molecule has 0 saturated carbocycles. The first kappa shape index (κ1) is 12.7. The lowest BCUT2D eigenvalue weighted by molar-refractivity contribution is -0.120. The fourth-order valence-electron chi connectivity index (χ4n) is 1.23. The lowest BCUT2D eigenvalue weighted by Gasteiger charge is -2.11. The standard InChI is InChI=1S/C11H15N3OS/c1-8-3-4-10(16-8)9(2)14-7-11(15)13-6-5-12/h3-4,9,14H,6-7H2,1-2H3,(H,13,15). The fourth-order valence-corrected chi connectivity index (χ4v) is 2.14. The van der Waals surface area contributed by atoms with Gasteiger partial charge in [-0.25, -0.2) is 0 Å². The molecule has 1 aromatic rings. The molecule has 0 aliphatic carbocycles. The molecule has 0 aliphatic heterocycles. The van der Waals surface area contributed by atoms with Crippen molar-refractivity contribution in [2.75, 3.05) is 13.1 Å². The number of amides is 1. The van der Waals surface area contributed by atoms with Crippen molar-refractivity contribution in [3.05, 3.63) is 21.9 Å². The number of carbonyl (C=O) groups is 1. The number of nitriles is 1. The van der Waals surface area contributed by atoms with Crippen molar-refractivity contribution in [3.8, 4) is 6.07 Å². The van der Waals surface area contributed by atoms with Crippen LogP contribution in [0.4, 0.5) is 0 Å². The zero-order valence-electron chi connectivity index (χ0n) is 9.41. The SMILES string of the molecule is Cc1ccc(C(C)NCC(=O)NCC#N)s1. The van der Waals surface area contributed by atoms with Crippen LogP contribution in [-0.4, -0.2) is 19.0 Å². The van der Waals surface area contributed by atoms with Crippen LogP contribution >= 0.6 is 11.3 Å². The van der Waals surface area contributed by atoms with E-state index in [4.69, 9.17) is 5.26 Å². The number of rotatable bonds is 5. The molecule has 1 atom stereocenters. The first-order valence-corrected chi connectivity index (χ1v) is 5.88. The summed E-state index contributed by atoms with van der Waals surface area (Å²) in [6.07, 6.45) is 0. The molecule has 2 N–H and O–H groups in total. The molecular formula is C11H15N3OS. The minimum Gasteiger partial charge on any atom is -0.342 e. The van der Waals surface area contributed by atoms with Crippen molar-refractivity contribution >= 4 is 17.2 Å². The normalized spacial score (nSPS) is 11.8. The fraction of sp³-hybridized carbons (Fsp3) is 0.455. The van der Waals surface area contributed by atoms with Crippen LogP contribution in [0, 0.1) is 18.3 Å². The highest BCUT2D eigenvalue weighted by molar-refractivity contribution is 7.12. The number of thiophene rings is 1. The summed E-state index contributed by atoms with van der Waals surface area (Å²) in [5, 5.41) is 13.9. The highest BCUT2D eigenvalue weighted by atomic mass is 32.1. The van der Waals surface area contributed by atoms with Gasteiger partial charge in [0.1, 0.15) is 6.54 Å². The molecule has 1 aromatic heterocycles. The van der Waals surface area contributed by atoms with E-state index in [0.717, 1.165) is 0 Å². The quantitative estimate of drug-likeness (QED) is 0.760. The van der Waals surface area contributed by atoms with Gasteiger partial charge in [-0.1, -0.05) is 0 Å².